The minimum absolute atomic E-state index is 0.0770. The molecule has 0 aliphatic heterocycles. The molecule has 0 aliphatic rings. The predicted octanol–water partition coefficient (Wildman–Crippen LogP) is 3.68. The third-order valence-corrected chi connectivity index (χ3v) is 2.29. The molecule has 0 saturated carbocycles. The molecule has 0 aromatic heterocycles. The molecule has 1 rings (SSSR count). The van der Waals surface area contributed by atoms with Crippen LogP contribution in [0, 0.1) is 0 Å². The van der Waals surface area contributed by atoms with Crippen LogP contribution >= 0.6 is 0 Å². The second-order valence-electron chi connectivity index (χ2n) is 3.75. The molecule has 0 atom stereocenters. The lowest BCUT2D eigenvalue weighted by Crippen LogP contribution is -2.12. The van der Waals surface area contributed by atoms with Crippen molar-refractivity contribution in [2.24, 2.45) is 0 Å². The van der Waals surface area contributed by atoms with Crippen molar-refractivity contribution in [1.82, 2.24) is 0 Å². The van der Waals surface area contributed by atoms with E-state index in [1.807, 2.05) is 0 Å². The highest BCUT2D eigenvalue weighted by Gasteiger charge is 2.29. The Hall–Kier alpha value is -1.71. The number of halogens is 2. The highest BCUT2D eigenvalue weighted by Crippen LogP contribution is 2.33. The van der Waals surface area contributed by atoms with Gasteiger partial charge in [-0.25, -0.2) is 13.6 Å². The summed E-state index contributed by atoms with van der Waals surface area (Å²) in [5.41, 5.74) is 0.382. The fourth-order valence-electron chi connectivity index (χ4n) is 1.50. The number of hydrogen-bond donors (Lipinski definition) is 1. The molecule has 0 amide bonds. The van der Waals surface area contributed by atoms with Crippen molar-refractivity contribution in [3.05, 3.63) is 41.5 Å². The van der Waals surface area contributed by atoms with E-state index in [0.717, 1.165) is 6.08 Å². The van der Waals surface area contributed by atoms with Crippen molar-refractivity contribution < 1.29 is 18.7 Å². The Labute approximate surface area is 98.6 Å². The monoisotopic (exact) mass is 240 g/mol. The molecule has 4 heteroatoms. The zero-order valence-electron chi connectivity index (χ0n) is 9.49. The fraction of sp³-hybridized carbons (Fsp3) is 0.308. The van der Waals surface area contributed by atoms with E-state index in [-0.39, 0.29) is 12.0 Å². The summed E-state index contributed by atoms with van der Waals surface area (Å²) in [6.45, 7) is 1.70. The summed E-state index contributed by atoms with van der Waals surface area (Å²) < 4.78 is 27.2. The molecule has 1 aromatic carbocycles. The zero-order valence-corrected chi connectivity index (χ0v) is 9.49. The number of hydrogen-bond acceptors (Lipinski definition) is 1. The third-order valence-electron chi connectivity index (χ3n) is 2.29. The van der Waals surface area contributed by atoms with Crippen LogP contribution in [0.3, 0.4) is 0 Å². The summed E-state index contributed by atoms with van der Waals surface area (Å²) >= 11 is 0. The SMILES string of the molecule is CCCC(F)(F)c1cccc(/C=C/C(=O)O)c1. The molecule has 0 fully saturated rings. The number of alkyl halides is 2. The molecule has 92 valence electrons. The topological polar surface area (TPSA) is 37.3 Å². The van der Waals surface area contributed by atoms with Crippen molar-refractivity contribution in [2.45, 2.75) is 25.7 Å². The van der Waals surface area contributed by atoms with Crippen LogP contribution < -0.4 is 0 Å². The van der Waals surface area contributed by atoms with Crippen molar-refractivity contribution in [3.63, 3.8) is 0 Å². The Kier molecular flexibility index (Phi) is 4.37. The average molecular weight is 240 g/mol. The zero-order chi connectivity index (χ0) is 12.9. The van der Waals surface area contributed by atoms with Gasteiger partial charge in [0.05, 0.1) is 0 Å². The van der Waals surface area contributed by atoms with Gasteiger partial charge in [0.2, 0.25) is 0 Å². The Bertz CT molecular complexity index is 425. The number of rotatable bonds is 5. The first-order valence-electron chi connectivity index (χ1n) is 5.35. The van der Waals surface area contributed by atoms with E-state index in [9.17, 15) is 13.6 Å². The summed E-state index contributed by atoms with van der Waals surface area (Å²) in [6.07, 6.45) is 2.41. The van der Waals surface area contributed by atoms with Gasteiger partial charge in [-0.15, -0.1) is 0 Å². The quantitative estimate of drug-likeness (QED) is 0.797. The van der Waals surface area contributed by atoms with Gasteiger partial charge in [-0.1, -0.05) is 31.5 Å². The van der Waals surface area contributed by atoms with Gasteiger partial charge < -0.3 is 5.11 Å². The van der Waals surface area contributed by atoms with Crippen molar-refractivity contribution >= 4 is 12.0 Å². The summed E-state index contributed by atoms with van der Waals surface area (Å²) in [6, 6.07) is 5.76. The van der Waals surface area contributed by atoms with Gasteiger partial charge in [0, 0.05) is 18.1 Å². The van der Waals surface area contributed by atoms with E-state index in [0.29, 0.717) is 12.0 Å². The molecule has 0 heterocycles. The minimum Gasteiger partial charge on any atom is -0.478 e. The van der Waals surface area contributed by atoms with Gasteiger partial charge in [0.15, 0.2) is 0 Å². The smallest absolute Gasteiger partial charge is 0.328 e. The van der Waals surface area contributed by atoms with Gasteiger partial charge in [-0.2, -0.15) is 0 Å². The Morgan fingerprint density at radius 3 is 2.76 bits per heavy atom. The van der Waals surface area contributed by atoms with E-state index < -0.39 is 11.9 Å². The van der Waals surface area contributed by atoms with Crippen LogP contribution in [0.4, 0.5) is 8.78 Å². The number of carbonyl (C=O) groups is 1. The summed E-state index contributed by atoms with van der Waals surface area (Å²) in [4.78, 5) is 10.3. The molecule has 17 heavy (non-hydrogen) atoms. The van der Waals surface area contributed by atoms with Gasteiger partial charge >= 0.3 is 5.97 Å². The third kappa shape index (κ3) is 3.98. The van der Waals surface area contributed by atoms with Crippen molar-refractivity contribution in [1.29, 1.82) is 0 Å². The first-order chi connectivity index (χ1) is 7.95. The highest BCUT2D eigenvalue weighted by molar-refractivity contribution is 5.85. The summed E-state index contributed by atoms with van der Waals surface area (Å²) in [7, 11) is 0. The second-order valence-corrected chi connectivity index (χ2v) is 3.75. The fourth-order valence-corrected chi connectivity index (χ4v) is 1.50. The van der Waals surface area contributed by atoms with Gasteiger partial charge in [0.25, 0.3) is 5.92 Å². The first-order valence-corrected chi connectivity index (χ1v) is 5.35. The summed E-state index contributed by atoms with van der Waals surface area (Å²) in [5, 5.41) is 8.45. The molecule has 0 aliphatic carbocycles. The van der Waals surface area contributed by atoms with Crippen LogP contribution in [-0.4, -0.2) is 11.1 Å². The molecule has 2 nitrogen and oxygen atoms in total. The van der Waals surface area contributed by atoms with Gasteiger partial charge in [-0.3, -0.25) is 0 Å². The lowest BCUT2D eigenvalue weighted by atomic mass is 10.0. The average Bonchev–Trinajstić information content (AvgIpc) is 2.27. The maximum absolute atomic E-state index is 13.6. The van der Waals surface area contributed by atoms with Crippen LogP contribution in [0.1, 0.15) is 30.9 Å². The van der Waals surface area contributed by atoms with Crippen LogP contribution in [-0.2, 0) is 10.7 Å². The van der Waals surface area contributed by atoms with Crippen LogP contribution in [0.2, 0.25) is 0 Å². The standard InChI is InChI=1S/C13H14F2O2/c1-2-8-13(14,15)11-5-3-4-10(9-11)6-7-12(16)17/h3-7,9H,2,8H2,1H3,(H,16,17)/b7-6+. The molecule has 0 bridgehead atoms. The highest BCUT2D eigenvalue weighted by atomic mass is 19.3. The molecule has 0 spiro atoms. The van der Waals surface area contributed by atoms with E-state index >= 15 is 0 Å². The normalized spacial score (nSPS) is 11.9. The second kappa shape index (κ2) is 5.57. The molecular formula is C13H14F2O2. The van der Waals surface area contributed by atoms with Crippen LogP contribution in [0.15, 0.2) is 30.3 Å². The minimum atomic E-state index is -2.86. The van der Waals surface area contributed by atoms with Crippen molar-refractivity contribution in [2.75, 3.05) is 0 Å². The summed E-state index contributed by atoms with van der Waals surface area (Å²) in [5.74, 6) is -3.96. The largest absolute Gasteiger partial charge is 0.478 e. The van der Waals surface area contributed by atoms with Crippen molar-refractivity contribution in [3.8, 4) is 0 Å². The van der Waals surface area contributed by atoms with E-state index in [1.165, 1.54) is 24.3 Å². The predicted molar refractivity (Wildman–Crippen MR) is 61.9 cm³/mol. The van der Waals surface area contributed by atoms with Gasteiger partial charge in [-0.05, 0) is 17.7 Å². The maximum atomic E-state index is 13.6. The Balaban J connectivity index is 2.96. The van der Waals surface area contributed by atoms with Crippen LogP contribution in [0.25, 0.3) is 6.08 Å². The molecule has 0 unspecified atom stereocenters. The number of carboxylic acids is 1. The lowest BCUT2D eigenvalue weighted by Gasteiger charge is -2.16. The van der Waals surface area contributed by atoms with E-state index in [4.69, 9.17) is 5.11 Å². The molecule has 1 N–H and O–H groups in total. The van der Waals surface area contributed by atoms with E-state index in [1.54, 1.807) is 13.0 Å². The molecule has 0 radical (unpaired) electrons. The van der Waals surface area contributed by atoms with E-state index in [2.05, 4.69) is 0 Å². The first kappa shape index (κ1) is 13.4. The Morgan fingerprint density at radius 2 is 2.18 bits per heavy atom. The Morgan fingerprint density at radius 1 is 1.47 bits per heavy atom. The number of aliphatic carboxylic acids is 1. The van der Waals surface area contributed by atoms with Crippen LogP contribution in [0.5, 0.6) is 0 Å². The molecule has 1 aromatic rings. The number of benzene rings is 1. The van der Waals surface area contributed by atoms with Gasteiger partial charge in [0.1, 0.15) is 0 Å². The molecule has 0 saturated heterocycles. The number of carboxylic acid groups (broad SMARTS) is 1. The maximum Gasteiger partial charge on any atom is 0.328 e. The molecular weight excluding hydrogens is 226 g/mol. The lowest BCUT2D eigenvalue weighted by molar-refractivity contribution is -0.131.